The highest BCUT2D eigenvalue weighted by Crippen LogP contribution is 2.18. The Morgan fingerprint density at radius 1 is 1.50 bits per heavy atom. The summed E-state index contributed by atoms with van der Waals surface area (Å²) in [4.78, 5) is 11.3. The Bertz CT molecular complexity index is 483. The van der Waals surface area contributed by atoms with E-state index in [-0.39, 0.29) is 24.8 Å². The van der Waals surface area contributed by atoms with Crippen molar-refractivity contribution in [3.05, 3.63) is 29.6 Å². The van der Waals surface area contributed by atoms with Crippen molar-refractivity contribution in [1.82, 2.24) is 10.6 Å². The smallest absolute Gasteiger partial charge is 0.258 e. The molecule has 4 nitrogen and oxygen atoms in total. The van der Waals surface area contributed by atoms with Gasteiger partial charge in [0, 0.05) is 6.54 Å². The first-order valence-electron chi connectivity index (χ1n) is 6.49. The minimum Gasteiger partial charge on any atom is -0.481 e. The standard InChI is InChI=1S/C15H19FN2O2/c1-3-7-17-10-12-5-6-14(13(16)9-12)20-11-15(19)18-8-4-2/h2,5-6,9,17H,3,7-8,10-11H2,1H3,(H,18,19). The van der Waals surface area contributed by atoms with Crippen LogP contribution in [0.15, 0.2) is 18.2 Å². The van der Waals surface area contributed by atoms with Gasteiger partial charge in [-0.15, -0.1) is 6.42 Å². The van der Waals surface area contributed by atoms with Crippen LogP contribution >= 0.6 is 0 Å². The highest BCUT2D eigenvalue weighted by Gasteiger charge is 2.07. The largest absolute Gasteiger partial charge is 0.481 e. The zero-order valence-corrected chi connectivity index (χ0v) is 11.5. The normalized spacial score (nSPS) is 9.85. The molecule has 1 aromatic carbocycles. The lowest BCUT2D eigenvalue weighted by Gasteiger charge is -2.09. The second-order valence-electron chi connectivity index (χ2n) is 4.21. The van der Waals surface area contributed by atoms with E-state index >= 15 is 0 Å². The van der Waals surface area contributed by atoms with Gasteiger partial charge in [-0.25, -0.2) is 4.39 Å². The van der Waals surface area contributed by atoms with Crippen molar-refractivity contribution in [2.24, 2.45) is 0 Å². The van der Waals surface area contributed by atoms with Crippen molar-refractivity contribution in [2.45, 2.75) is 19.9 Å². The van der Waals surface area contributed by atoms with E-state index in [1.165, 1.54) is 12.1 Å². The van der Waals surface area contributed by atoms with E-state index < -0.39 is 5.82 Å². The Hall–Kier alpha value is -2.06. The molecule has 2 N–H and O–H groups in total. The Morgan fingerprint density at radius 3 is 2.95 bits per heavy atom. The summed E-state index contributed by atoms with van der Waals surface area (Å²) >= 11 is 0. The van der Waals surface area contributed by atoms with E-state index in [1.54, 1.807) is 6.07 Å². The lowest BCUT2D eigenvalue weighted by molar-refractivity contribution is -0.122. The van der Waals surface area contributed by atoms with Gasteiger partial charge in [0.15, 0.2) is 18.2 Å². The van der Waals surface area contributed by atoms with Crippen LogP contribution in [0.4, 0.5) is 4.39 Å². The molecule has 0 fully saturated rings. The molecule has 1 aromatic rings. The zero-order chi connectivity index (χ0) is 14.8. The van der Waals surface area contributed by atoms with Crippen molar-refractivity contribution in [2.75, 3.05) is 19.7 Å². The quantitative estimate of drug-likeness (QED) is 0.559. The number of hydrogen-bond donors (Lipinski definition) is 2. The maximum atomic E-state index is 13.7. The molecule has 0 spiro atoms. The number of benzene rings is 1. The van der Waals surface area contributed by atoms with Gasteiger partial charge in [0.05, 0.1) is 6.54 Å². The van der Waals surface area contributed by atoms with Crippen LogP contribution in [0.2, 0.25) is 0 Å². The molecular formula is C15H19FN2O2. The second-order valence-corrected chi connectivity index (χ2v) is 4.21. The third-order valence-corrected chi connectivity index (χ3v) is 2.50. The molecule has 0 saturated heterocycles. The van der Waals surface area contributed by atoms with Crippen LogP contribution in [0.1, 0.15) is 18.9 Å². The molecule has 0 unspecified atom stereocenters. The van der Waals surface area contributed by atoms with Gasteiger partial charge in [0.25, 0.3) is 5.91 Å². The van der Waals surface area contributed by atoms with E-state index in [2.05, 4.69) is 23.5 Å². The van der Waals surface area contributed by atoms with Gasteiger partial charge in [-0.05, 0) is 30.7 Å². The molecule has 0 saturated carbocycles. The van der Waals surface area contributed by atoms with Crippen LogP contribution in [0.3, 0.4) is 0 Å². The fraction of sp³-hybridized carbons (Fsp3) is 0.400. The highest BCUT2D eigenvalue weighted by atomic mass is 19.1. The molecule has 1 rings (SSSR count). The highest BCUT2D eigenvalue weighted by molar-refractivity contribution is 5.77. The van der Waals surface area contributed by atoms with Crippen LogP contribution in [-0.2, 0) is 11.3 Å². The van der Waals surface area contributed by atoms with Gasteiger partial charge < -0.3 is 15.4 Å². The second kappa shape index (κ2) is 8.94. The van der Waals surface area contributed by atoms with E-state index in [0.29, 0.717) is 6.54 Å². The topological polar surface area (TPSA) is 50.4 Å². The van der Waals surface area contributed by atoms with Crippen molar-refractivity contribution in [3.63, 3.8) is 0 Å². The molecule has 0 radical (unpaired) electrons. The van der Waals surface area contributed by atoms with Crippen LogP contribution in [0.5, 0.6) is 5.75 Å². The average molecular weight is 278 g/mol. The summed E-state index contributed by atoms with van der Waals surface area (Å²) in [7, 11) is 0. The third kappa shape index (κ3) is 5.72. The van der Waals surface area contributed by atoms with E-state index in [0.717, 1.165) is 18.5 Å². The predicted molar refractivity (Wildman–Crippen MR) is 75.7 cm³/mol. The third-order valence-electron chi connectivity index (χ3n) is 2.50. The number of ether oxygens (including phenoxy) is 1. The molecule has 0 aliphatic heterocycles. The maximum Gasteiger partial charge on any atom is 0.258 e. The van der Waals surface area contributed by atoms with Gasteiger partial charge in [-0.3, -0.25) is 4.79 Å². The molecule has 0 aliphatic rings. The Balaban J connectivity index is 2.47. The van der Waals surface area contributed by atoms with E-state index in [4.69, 9.17) is 11.2 Å². The zero-order valence-electron chi connectivity index (χ0n) is 11.5. The lowest BCUT2D eigenvalue weighted by Crippen LogP contribution is -2.29. The molecule has 0 aliphatic carbocycles. The van der Waals surface area contributed by atoms with Crippen LogP contribution < -0.4 is 15.4 Å². The number of carbonyl (C=O) groups is 1. The average Bonchev–Trinajstić information content (AvgIpc) is 2.44. The molecular weight excluding hydrogens is 259 g/mol. The predicted octanol–water partition coefficient (Wildman–Crippen LogP) is 1.45. The van der Waals surface area contributed by atoms with Crippen molar-refractivity contribution < 1.29 is 13.9 Å². The number of carbonyl (C=O) groups excluding carboxylic acids is 1. The van der Waals surface area contributed by atoms with Crippen LogP contribution in [-0.4, -0.2) is 25.6 Å². The van der Waals surface area contributed by atoms with Crippen molar-refractivity contribution in [1.29, 1.82) is 0 Å². The number of terminal acetylenes is 1. The number of amides is 1. The Morgan fingerprint density at radius 2 is 2.30 bits per heavy atom. The first kappa shape index (κ1) is 16.0. The minimum absolute atomic E-state index is 0.0556. The van der Waals surface area contributed by atoms with Crippen LogP contribution in [0, 0.1) is 18.2 Å². The Labute approximate surface area is 118 Å². The first-order chi connectivity index (χ1) is 9.67. The lowest BCUT2D eigenvalue weighted by atomic mass is 10.2. The number of halogens is 1. The summed E-state index contributed by atoms with van der Waals surface area (Å²) in [5.74, 6) is 1.47. The van der Waals surface area contributed by atoms with E-state index in [1.807, 2.05) is 0 Å². The monoisotopic (exact) mass is 278 g/mol. The fourth-order valence-electron chi connectivity index (χ4n) is 1.52. The fourth-order valence-corrected chi connectivity index (χ4v) is 1.52. The molecule has 5 heteroatoms. The molecule has 0 aromatic heterocycles. The van der Waals surface area contributed by atoms with Gasteiger partial charge in [-0.1, -0.05) is 18.9 Å². The molecule has 20 heavy (non-hydrogen) atoms. The van der Waals surface area contributed by atoms with Crippen molar-refractivity contribution >= 4 is 5.91 Å². The molecule has 0 heterocycles. The van der Waals surface area contributed by atoms with Gasteiger partial charge >= 0.3 is 0 Å². The first-order valence-corrected chi connectivity index (χ1v) is 6.49. The number of rotatable bonds is 8. The molecule has 1 amide bonds. The van der Waals surface area contributed by atoms with Gasteiger partial charge in [0.1, 0.15) is 0 Å². The molecule has 108 valence electrons. The maximum absolute atomic E-state index is 13.7. The minimum atomic E-state index is -0.481. The summed E-state index contributed by atoms with van der Waals surface area (Å²) < 4.78 is 18.8. The summed E-state index contributed by atoms with van der Waals surface area (Å²) in [6.07, 6.45) is 6.03. The Kier molecular flexibility index (Phi) is 7.15. The van der Waals surface area contributed by atoms with E-state index in [9.17, 15) is 9.18 Å². The summed E-state index contributed by atoms with van der Waals surface area (Å²) in [6, 6.07) is 4.69. The van der Waals surface area contributed by atoms with Crippen molar-refractivity contribution in [3.8, 4) is 18.1 Å². The summed E-state index contributed by atoms with van der Waals surface area (Å²) in [5.41, 5.74) is 0.833. The summed E-state index contributed by atoms with van der Waals surface area (Å²) in [6.45, 7) is 3.43. The molecule has 0 bridgehead atoms. The van der Waals surface area contributed by atoms with Gasteiger partial charge in [-0.2, -0.15) is 0 Å². The SMILES string of the molecule is C#CCNC(=O)COc1ccc(CNCCC)cc1F. The number of hydrogen-bond acceptors (Lipinski definition) is 3. The molecule has 0 atom stereocenters. The van der Waals surface area contributed by atoms with Gasteiger partial charge in [0.2, 0.25) is 0 Å². The van der Waals surface area contributed by atoms with Crippen LogP contribution in [0.25, 0.3) is 0 Å². The summed E-state index contributed by atoms with van der Waals surface area (Å²) in [5, 5.41) is 5.62. The number of nitrogens with one attached hydrogen (secondary N) is 2.